The normalized spacial score (nSPS) is 16.4. The first-order chi connectivity index (χ1) is 13.5. The van der Waals surface area contributed by atoms with Crippen LogP contribution >= 0.6 is 0 Å². The van der Waals surface area contributed by atoms with Crippen LogP contribution in [0.5, 0.6) is 0 Å². The molecule has 2 aromatic carbocycles. The van der Waals surface area contributed by atoms with Crippen molar-refractivity contribution < 1.29 is 18.4 Å². The molecule has 1 aromatic heterocycles. The van der Waals surface area contributed by atoms with E-state index < -0.39 is 11.7 Å². The zero-order chi connectivity index (χ0) is 19.7. The molecule has 142 valence electrons. The molecule has 7 nitrogen and oxygen atoms in total. The fraction of sp³-hybridized carbons (Fsp3) is 0.200. The zero-order valence-electron chi connectivity index (χ0n) is 15.1. The highest BCUT2D eigenvalue weighted by atomic mass is 19.1. The van der Waals surface area contributed by atoms with Crippen LogP contribution in [0.3, 0.4) is 0 Å². The molecule has 1 saturated heterocycles. The first-order valence-electron chi connectivity index (χ1n) is 8.77. The molecule has 2 amide bonds. The number of anilines is 2. The van der Waals surface area contributed by atoms with Crippen molar-refractivity contribution in [3.63, 3.8) is 0 Å². The average molecular weight is 380 g/mol. The summed E-state index contributed by atoms with van der Waals surface area (Å²) in [5.74, 6) is -1.09. The molecule has 3 aromatic rings. The van der Waals surface area contributed by atoms with Crippen LogP contribution in [0.15, 0.2) is 52.9 Å². The Kier molecular flexibility index (Phi) is 4.60. The van der Waals surface area contributed by atoms with Crippen LogP contribution in [-0.4, -0.2) is 28.6 Å². The Bertz CT molecular complexity index is 1030. The standard InChI is InChI=1S/C20H17FN4O3/c1-12-5-7-16(8-6-12)25-11-14(10-17(25)26)19-23-24-20(28-19)22-18(27)13-3-2-4-15(21)9-13/h2-9,14H,10-11H2,1H3,(H,22,24,27)/t14-/m0/s1. The van der Waals surface area contributed by atoms with Crippen LogP contribution in [0.1, 0.15) is 34.2 Å². The third kappa shape index (κ3) is 3.62. The van der Waals surface area contributed by atoms with Gasteiger partial charge in [0.25, 0.3) is 5.91 Å². The Morgan fingerprint density at radius 2 is 2.00 bits per heavy atom. The summed E-state index contributed by atoms with van der Waals surface area (Å²) >= 11 is 0. The average Bonchev–Trinajstić information content (AvgIpc) is 3.29. The molecule has 4 rings (SSSR count). The van der Waals surface area contributed by atoms with E-state index in [-0.39, 0.29) is 35.7 Å². The highest BCUT2D eigenvalue weighted by Crippen LogP contribution is 2.31. The number of hydrogen-bond donors (Lipinski definition) is 1. The number of amides is 2. The smallest absolute Gasteiger partial charge is 0.322 e. The van der Waals surface area contributed by atoms with Crippen LogP contribution in [0.25, 0.3) is 0 Å². The summed E-state index contributed by atoms with van der Waals surface area (Å²) in [6, 6.07) is 12.9. The van der Waals surface area contributed by atoms with Gasteiger partial charge < -0.3 is 9.32 Å². The van der Waals surface area contributed by atoms with E-state index in [2.05, 4.69) is 15.5 Å². The van der Waals surface area contributed by atoms with E-state index in [1.54, 1.807) is 4.90 Å². The molecular formula is C20H17FN4O3. The van der Waals surface area contributed by atoms with Crippen LogP contribution < -0.4 is 10.2 Å². The quantitative estimate of drug-likeness (QED) is 0.750. The van der Waals surface area contributed by atoms with Gasteiger partial charge in [0.2, 0.25) is 11.8 Å². The molecule has 0 bridgehead atoms. The summed E-state index contributed by atoms with van der Waals surface area (Å²) in [5, 5.41) is 10.2. The molecule has 0 unspecified atom stereocenters. The van der Waals surface area contributed by atoms with Gasteiger partial charge in [-0.15, -0.1) is 5.10 Å². The molecule has 0 radical (unpaired) electrons. The van der Waals surface area contributed by atoms with Gasteiger partial charge in [0.15, 0.2) is 0 Å². The summed E-state index contributed by atoms with van der Waals surface area (Å²) in [7, 11) is 0. The van der Waals surface area contributed by atoms with Crippen molar-refractivity contribution in [2.24, 2.45) is 0 Å². The second-order valence-corrected chi connectivity index (χ2v) is 6.65. The van der Waals surface area contributed by atoms with Crippen molar-refractivity contribution in [2.45, 2.75) is 19.3 Å². The Morgan fingerprint density at radius 1 is 1.21 bits per heavy atom. The van der Waals surface area contributed by atoms with Gasteiger partial charge >= 0.3 is 6.01 Å². The van der Waals surface area contributed by atoms with Crippen molar-refractivity contribution in [3.8, 4) is 0 Å². The van der Waals surface area contributed by atoms with E-state index in [1.165, 1.54) is 18.2 Å². The number of halogens is 1. The second-order valence-electron chi connectivity index (χ2n) is 6.65. The third-order valence-electron chi connectivity index (χ3n) is 4.57. The maximum absolute atomic E-state index is 13.2. The number of carbonyl (C=O) groups excluding carboxylic acids is 2. The van der Waals surface area contributed by atoms with E-state index in [9.17, 15) is 14.0 Å². The number of nitrogens with one attached hydrogen (secondary N) is 1. The van der Waals surface area contributed by atoms with Gasteiger partial charge in [-0.2, -0.15) is 0 Å². The molecular weight excluding hydrogens is 363 g/mol. The van der Waals surface area contributed by atoms with Gasteiger partial charge in [0.05, 0.1) is 5.92 Å². The van der Waals surface area contributed by atoms with E-state index in [4.69, 9.17) is 4.42 Å². The predicted octanol–water partition coefficient (Wildman–Crippen LogP) is 3.29. The number of aryl methyl sites for hydroxylation is 1. The lowest BCUT2D eigenvalue weighted by atomic mass is 10.1. The van der Waals surface area contributed by atoms with Crippen molar-refractivity contribution in [1.82, 2.24) is 10.2 Å². The van der Waals surface area contributed by atoms with Crippen molar-refractivity contribution in [2.75, 3.05) is 16.8 Å². The minimum absolute atomic E-state index is 0.0302. The molecule has 2 heterocycles. The minimum atomic E-state index is -0.557. The monoisotopic (exact) mass is 380 g/mol. The molecule has 0 aliphatic carbocycles. The molecule has 1 N–H and O–H groups in total. The number of aromatic nitrogens is 2. The summed E-state index contributed by atoms with van der Waals surface area (Å²) in [6.07, 6.45) is 0.243. The molecule has 0 spiro atoms. The predicted molar refractivity (Wildman–Crippen MR) is 99.5 cm³/mol. The highest BCUT2D eigenvalue weighted by molar-refractivity contribution is 6.03. The van der Waals surface area contributed by atoms with Crippen molar-refractivity contribution in [1.29, 1.82) is 0 Å². The number of carbonyl (C=O) groups is 2. The molecule has 8 heteroatoms. The molecule has 1 aliphatic rings. The fourth-order valence-corrected chi connectivity index (χ4v) is 3.10. The first-order valence-corrected chi connectivity index (χ1v) is 8.77. The second kappa shape index (κ2) is 7.22. The summed E-state index contributed by atoms with van der Waals surface area (Å²) in [5.41, 5.74) is 2.07. The van der Waals surface area contributed by atoms with E-state index in [0.717, 1.165) is 17.3 Å². The van der Waals surface area contributed by atoms with Crippen molar-refractivity contribution in [3.05, 3.63) is 71.4 Å². The lowest BCUT2D eigenvalue weighted by Crippen LogP contribution is -2.24. The first kappa shape index (κ1) is 17.8. The van der Waals surface area contributed by atoms with E-state index in [0.29, 0.717) is 6.54 Å². The zero-order valence-corrected chi connectivity index (χ0v) is 15.1. The van der Waals surface area contributed by atoms with Gasteiger partial charge in [0.1, 0.15) is 5.82 Å². The SMILES string of the molecule is Cc1ccc(N2C[C@@H](c3nnc(NC(=O)c4cccc(F)c4)o3)CC2=O)cc1. The van der Waals surface area contributed by atoms with Gasteiger partial charge in [-0.05, 0) is 37.3 Å². The van der Waals surface area contributed by atoms with Gasteiger partial charge in [-0.25, -0.2) is 4.39 Å². The number of rotatable bonds is 4. The summed E-state index contributed by atoms with van der Waals surface area (Å²) in [4.78, 5) is 26.2. The topological polar surface area (TPSA) is 88.3 Å². The maximum atomic E-state index is 13.2. The Morgan fingerprint density at radius 3 is 2.75 bits per heavy atom. The highest BCUT2D eigenvalue weighted by Gasteiger charge is 2.35. The number of benzene rings is 2. The molecule has 1 fully saturated rings. The van der Waals surface area contributed by atoms with Crippen molar-refractivity contribution >= 4 is 23.5 Å². The Balaban J connectivity index is 1.45. The fourth-order valence-electron chi connectivity index (χ4n) is 3.10. The van der Waals surface area contributed by atoms with Gasteiger partial charge in [-0.3, -0.25) is 14.9 Å². The van der Waals surface area contributed by atoms with Crippen LogP contribution in [0.4, 0.5) is 16.1 Å². The summed E-state index contributed by atoms with van der Waals surface area (Å²) in [6.45, 7) is 2.40. The largest absolute Gasteiger partial charge is 0.407 e. The van der Waals surface area contributed by atoms with Gasteiger partial charge in [-0.1, -0.05) is 28.9 Å². The lowest BCUT2D eigenvalue weighted by molar-refractivity contribution is -0.117. The van der Waals surface area contributed by atoms with Gasteiger partial charge in [0, 0.05) is 24.2 Å². The minimum Gasteiger partial charge on any atom is -0.407 e. The Labute approximate surface area is 160 Å². The lowest BCUT2D eigenvalue weighted by Gasteiger charge is -2.16. The molecule has 28 heavy (non-hydrogen) atoms. The third-order valence-corrected chi connectivity index (χ3v) is 4.57. The molecule has 1 atom stereocenters. The van der Waals surface area contributed by atoms with Crippen LogP contribution in [0.2, 0.25) is 0 Å². The summed E-state index contributed by atoms with van der Waals surface area (Å²) < 4.78 is 18.8. The maximum Gasteiger partial charge on any atom is 0.322 e. The van der Waals surface area contributed by atoms with E-state index in [1.807, 2.05) is 31.2 Å². The van der Waals surface area contributed by atoms with Crippen LogP contribution in [0, 0.1) is 12.7 Å². The number of nitrogens with zero attached hydrogens (tertiary/aromatic N) is 3. The number of hydrogen-bond acceptors (Lipinski definition) is 5. The van der Waals surface area contributed by atoms with Crippen LogP contribution in [-0.2, 0) is 4.79 Å². The molecule has 0 saturated carbocycles. The van der Waals surface area contributed by atoms with E-state index >= 15 is 0 Å². The molecule has 1 aliphatic heterocycles. The Hall–Kier alpha value is -3.55.